The van der Waals surface area contributed by atoms with Gasteiger partial charge in [-0.3, -0.25) is 9.59 Å². The number of rotatable bonds is 16. The van der Waals surface area contributed by atoms with Gasteiger partial charge >= 0.3 is 6.09 Å². The van der Waals surface area contributed by atoms with Crippen LogP contribution in [0.15, 0.2) is 60.5 Å². The highest BCUT2D eigenvalue weighted by atomic mass is 16.6. The Labute approximate surface area is 265 Å². The Bertz CT molecular complexity index is 1250. The fourth-order valence-electron chi connectivity index (χ4n) is 5.87. The molecule has 1 aliphatic carbocycles. The topological polar surface area (TPSA) is 198 Å². The van der Waals surface area contributed by atoms with E-state index in [1.54, 1.807) is 6.20 Å². The Morgan fingerprint density at radius 3 is 2.42 bits per heavy atom. The number of amidine groups is 1. The monoisotopic (exact) mass is 623 g/mol. The fourth-order valence-corrected chi connectivity index (χ4v) is 5.87. The molecule has 3 amide bonds. The minimum absolute atomic E-state index is 0.0796. The molecule has 0 unspecified atom stereocenters. The number of H-pyrrole nitrogens is 1. The lowest BCUT2D eigenvalue weighted by molar-refractivity contribution is -0.130. The number of aliphatic hydroxyl groups excluding tert-OH is 1. The van der Waals surface area contributed by atoms with Gasteiger partial charge in [0.05, 0.1) is 18.5 Å². The second-order valence-electron chi connectivity index (χ2n) is 12.2. The summed E-state index contributed by atoms with van der Waals surface area (Å²) in [4.78, 5) is 50.0. The molecule has 5 atom stereocenters. The summed E-state index contributed by atoms with van der Waals surface area (Å²) < 4.78 is 4.67. The molecule has 12 heteroatoms. The third kappa shape index (κ3) is 12.0. The number of nitrogens with one attached hydrogen (secondary N) is 3. The summed E-state index contributed by atoms with van der Waals surface area (Å²) >= 11 is 0. The van der Waals surface area contributed by atoms with E-state index in [2.05, 4.69) is 50.8 Å². The van der Waals surface area contributed by atoms with Gasteiger partial charge in [-0.2, -0.15) is 0 Å². The molecule has 246 valence electrons. The van der Waals surface area contributed by atoms with E-state index in [4.69, 9.17) is 11.5 Å². The molecule has 0 radical (unpaired) electrons. The van der Waals surface area contributed by atoms with E-state index in [1.165, 1.54) is 12.7 Å². The zero-order valence-corrected chi connectivity index (χ0v) is 26.4. The summed E-state index contributed by atoms with van der Waals surface area (Å²) in [5, 5.41) is 17.3. The smallest absolute Gasteiger partial charge is 0.391 e. The van der Waals surface area contributed by atoms with Crippen molar-refractivity contribution in [2.45, 2.75) is 95.9 Å². The number of carbonyl (C=O) groups excluding carboxylic acids is 3. The number of amides is 3. The van der Waals surface area contributed by atoms with Gasteiger partial charge in [-0.05, 0) is 36.2 Å². The van der Waals surface area contributed by atoms with E-state index < -0.39 is 48.2 Å². The molecule has 3 rings (SSSR count). The molecule has 1 heterocycles. The second-order valence-corrected chi connectivity index (χ2v) is 12.2. The lowest BCUT2D eigenvalue weighted by Gasteiger charge is -2.33. The molecule has 1 fully saturated rings. The van der Waals surface area contributed by atoms with Gasteiger partial charge in [0, 0.05) is 24.7 Å². The fraction of sp³-hybridized carbons (Fsp3) is 0.545. The van der Waals surface area contributed by atoms with Gasteiger partial charge in [0.2, 0.25) is 11.8 Å². The third-order valence-corrected chi connectivity index (χ3v) is 8.45. The van der Waals surface area contributed by atoms with Crippen molar-refractivity contribution in [3.8, 4) is 0 Å². The molecule has 1 aromatic carbocycles. The van der Waals surface area contributed by atoms with Crippen molar-refractivity contribution in [1.29, 1.82) is 0 Å². The first-order chi connectivity index (χ1) is 21.5. The number of imidazole rings is 1. The third-order valence-electron chi connectivity index (χ3n) is 8.45. The van der Waals surface area contributed by atoms with Crippen LogP contribution >= 0.6 is 0 Å². The van der Waals surface area contributed by atoms with Crippen molar-refractivity contribution < 1.29 is 24.2 Å². The summed E-state index contributed by atoms with van der Waals surface area (Å²) in [6, 6.07) is 5.87. The van der Waals surface area contributed by atoms with Crippen molar-refractivity contribution >= 4 is 23.9 Å². The quantitative estimate of drug-likeness (QED) is 0.0937. The van der Waals surface area contributed by atoms with Gasteiger partial charge in [-0.15, -0.1) is 6.58 Å². The molecule has 0 spiro atoms. The highest BCUT2D eigenvalue weighted by Gasteiger charge is 2.32. The van der Waals surface area contributed by atoms with E-state index >= 15 is 0 Å². The Kier molecular flexibility index (Phi) is 14.1. The molecular weight excluding hydrogens is 574 g/mol. The Balaban J connectivity index is 1.85. The van der Waals surface area contributed by atoms with Gasteiger partial charge in [0.25, 0.3) is 6.02 Å². The second kappa shape index (κ2) is 17.9. The molecule has 0 saturated heterocycles. The molecule has 0 aliphatic heterocycles. The van der Waals surface area contributed by atoms with Crippen LogP contribution in [-0.4, -0.2) is 63.2 Å². The first-order valence-corrected chi connectivity index (χ1v) is 15.8. The number of aliphatic imine (C=N–C) groups is 1. The number of ether oxygens (including phenoxy) is 1. The van der Waals surface area contributed by atoms with Crippen molar-refractivity contribution in [2.75, 3.05) is 0 Å². The first-order valence-electron chi connectivity index (χ1n) is 15.8. The predicted molar refractivity (Wildman–Crippen MR) is 173 cm³/mol. The van der Waals surface area contributed by atoms with Gasteiger partial charge in [0.15, 0.2) is 0 Å². The van der Waals surface area contributed by atoms with Crippen molar-refractivity contribution in [2.24, 2.45) is 34.2 Å². The highest BCUT2D eigenvalue weighted by molar-refractivity contribution is 5.92. The number of benzene rings is 1. The van der Waals surface area contributed by atoms with Crippen molar-refractivity contribution in [3.63, 3.8) is 0 Å². The van der Waals surface area contributed by atoms with Crippen molar-refractivity contribution in [1.82, 2.24) is 20.6 Å². The number of allylic oxidation sites excluding steroid dienone is 1. The van der Waals surface area contributed by atoms with E-state index in [0.29, 0.717) is 24.5 Å². The minimum atomic E-state index is -1.16. The number of hydrogen-bond donors (Lipinski definition) is 6. The average Bonchev–Trinajstić information content (AvgIpc) is 3.52. The summed E-state index contributed by atoms with van der Waals surface area (Å²) in [5.74, 6) is -0.301. The summed E-state index contributed by atoms with van der Waals surface area (Å²) in [6.45, 7) is 8.11. The lowest BCUT2D eigenvalue weighted by Crippen LogP contribution is -2.55. The molecule has 1 aromatic heterocycles. The van der Waals surface area contributed by atoms with E-state index in [0.717, 1.165) is 31.2 Å². The molecule has 12 nitrogen and oxygen atoms in total. The summed E-state index contributed by atoms with van der Waals surface area (Å²) in [7, 11) is 0. The standard InChI is InChI=1S/C33H49N7O5/c1-4-24(21(2)3)17-29(41)26(15-22-11-7-5-8-12-22)38-31(43)28(18-25-19-36-20-37-25)39-30(42)27(40-32(34)45-33(35)44)16-23-13-9-6-10-14-23/h4,6,9-10,13-14,19-22,24,26-29,41H,1,5,7-8,11-12,15-18H2,2-3H3,(H2,34,40)(H2,35,44)(H,36,37)(H,38,43)(H,39,42)/t24-,26-,27-,28-,29-/m0/s1. The zero-order valence-electron chi connectivity index (χ0n) is 26.4. The minimum Gasteiger partial charge on any atom is -0.391 e. The highest BCUT2D eigenvalue weighted by Crippen LogP contribution is 2.30. The number of nitrogens with zero attached hydrogens (tertiary/aromatic N) is 2. The number of carbonyl (C=O) groups is 3. The number of aromatic nitrogens is 2. The van der Waals surface area contributed by atoms with Gasteiger partial charge in [0.1, 0.15) is 12.1 Å². The van der Waals surface area contributed by atoms with Crippen LogP contribution < -0.4 is 22.1 Å². The van der Waals surface area contributed by atoms with Crippen LogP contribution in [0.5, 0.6) is 0 Å². The Morgan fingerprint density at radius 2 is 1.82 bits per heavy atom. The maximum Gasteiger partial charge on any atom is 0.412 e. The van der Waals surface area contributed by atoms with E-state index in [1.807, 2.05) is 36.4 Å². The molecule has 0 bridgehead atoms. The SMILES string of the molecule is C=C[C@@H](C[C@H](O)[C@H](CC1CCCCC1)NC(=O)[C@H](Cc1cnc[nH]1)NC(=O)[C@H](Cc1ccccc1)N=C(N)OC(N)=O)C(C)C. The first kappa shape index (κ1) is 35.3. The zero-order chi connectivity index (χ0) is 32.8. The molecular formula is C33H49N7O5. The largest absolute Gasteiger partial charge is 0.412 e. The predicted octanol–water partition coefficient (Wildman–Crippen LogP) is 3.12. The number of aliphatic hydroxyl groups is 1. The van der Waals surface area contributed by atoms with Crippen LogP contribution in [0, 0.1) is 17.8 Å². The molecule has 2 aromatic rings. The lowest BCUT2D eigenvalue weighted by atomic mass is 9.81. The van der Waals surface area contributed by atoms with Crippen LogP contribution in [-0.2, 0) is 27.2 Å². The number of primary amides is 1. The molecule has 1 aliphatic rings. The molecule has 1 saturated carbocycles. The molecule has 8 N–H and O–H groups in total. The van der Waals surface area contributed by atoms with Gasteiger partial charge < -0.3 is 36.9 Å². The van der Waals surface area contributed by atoms with E-state index in [-0.39, 0.29) is 24.7 Å². The van der Waals surface area contributed by atoms with Crippen LogP contribution in [0.1, 0.15) is 70.1 Å². The van der Waals surface area contributed by atoms with Crippen LogP contribution in [0.3, 0.4) is 0 Å². The summed E-state index contributed by atoms with van der Waals surface area (Å²) in [5.41, 5.74) is 12.2. The van der Waals surface area contributed by atoms with E-state index in [9.17, 15) is 19.5 Å². The Hall–Kier alpha value is -4.19. The number of nitrogens with two attached hydrogens (primary N) is 2. The van der Waals surface area contributed by atoms with Crippen LogP contribution in [0.4, 0.5) is 4.79 Å². The number of hydrogen-bond acceptors (Lipinski definition) is 7. The van der Waals surface area contributed by atoms with Crippen molar-refractivity contribution in [3.05, 3.63) is 66.8 Å². The Morgan fingerprint density at radius 1 is 1.11 bits per heavy atom. The van der Waals surface area contributed by atoms with Crippen LogP contribution in [0.2, 0.25) is 0 Å². The van der Waals surface area contributed by atoms with Crippen LogP contribution in [0.25, 0.3) is 0 Å². The van der Waals surface area contributed by atoms with Gasteiger partial charge in [-0.1, -0.05) is 82.4 Å². The maximum absolute atomic E-state index is 14.0. The average molecular weight is 624 g/mol. The number of aromatic amines is 1. The maximum atomic E-state index is 14.0. The van der Waals surface area contributed by atoms with Gasteiger partial charge in [-0.25, -0.2) is 14.8 Å². The summed E-state index contributed by atoms with van der Waals surface area (Å²) in [6.07, 6.45) is 9.87. The normalized spacial score (nSPS) is 17.5. The molecule has 45 heavy (non-hydrogen) atoms.